The fourth-order valence-corrected chi connectivity index (χ4v) is 3.71. The Bertz CT molecular complexity index is 820. The zero-order valence-corrected chi connectivity index (χ0v) is 13.4. The topological polar surface area (TPSA) is 64.6 Å². The highest BCUT2D eigenvalue weighted by molar-refractivity contribution is 7.92. The summed E-state index contributed by atoms with van der Waals surface area (Å²) in [7, 11) is -3.74. The average molecular weight is 340 g/mol. The van der Waals surface area contributed by atoms with Crippen molar-refractivity contribution >= 4 is 27.3 Å². The highest BCUT2D eigenvalue weighted by Crippen LogP contribution is 2.35. The van der Waals surface area contributed by atoms with Gasteiger partial charge in [0.1, 0.15) is 13.2 Å². The van der Waals surface area contributed by atoms with Gasteiger partial charge in [0.2, 0.25) is 0 Å². The Morgan fingerprint density at radius 1 is 1.09 bits per heavy atom. The van der Waals surface area contributed by atoms with Crippen molar-refractivity contribution in [2.75, 3.05) is 17.9 Å². The molecular formula is C15H14ClNO4S. The van der Waals surface area contributed by atoms with Gasteiger partial charge in [-0.2, -0.15) is 0 Å². The van der Waals surface area contributed by atoms with Gasteiger partial charge in [0.25, 0.3) is 10.0 Å². The van der Waals surface area contributed by atoms with Gasteiger partial charge in [0, 0.05) is 11.1 Å². The molecule has 0 aliphatic carbocycles. The lowest BCUT2D eigenvalue weighted by Gasteiger charge is -2.20. The van der Waals surface area contributed by atoms with Crippen LogP contribution in [0.3, 0.4) is 0 Å². The van der Waals surface area contributed by atoms with Crippen LogP contribution in [0.25, 0.3) is 0 Å². The zero-order chi connectivity index (χ0) is 15.7. The molecule has 7 heteroatoms. The van der Waals surface area contributed by atoms with Gasteiger partial charge in [0.15, 0.2) is 11.5 Å². The molecule has 1 aliphatic heterocycles. The van der Waals surface area contributed by atoms with Gasteiger partial charge in [-0.25, -0.2) is 8.42 Å². The molecule has 2 aromatic rings. The number of fused-ring (bicyclic) bond motifs is 1. The number of aryl methyl sites for hydroxylation is 1. The molecule has 116 valence electrons. The van der Waals surface area contributed by atoms with Crippen molar-refractivity contribution in [2.45, 2.75) is 11.8 Å². The van der Waals surface area contributed by atoms with Gasteiger partial charge < -0.3 is 9.47 Å². The maximum Gasteiger partial charge on any atom is 0.262 e. The van der Waals surface area contributed by atoms with E-state index in [0.717, 1.165) is 0 Å². The monoisotopic (exact) mass is 339 g/mol. The third-order valence-electron chi connectivity index (χ3n) is 3.21. The largest absolute Gasteiger partial charge is 0.486 e. The Hall–Kier alpha value is -1.92. The molecule has 1 aliphatic rings. The van der Waals surface area contributed by atoms with Gasteiger partial charge in [-0.15, -0.1) is 0 Å². The molecule has 0 fully saturated rings. The standard InChI is InChI=1S/C15H14ClNO4S/c1-10-7-13-14(21-6-5-20-13)9-15(10)22(18,19)17-12-4-2-3-11(16)8-12/h2-4,7-9,17H,5-6H2,1H3. The first-order valence-corrected chi connectivity index (χ1v) is 8.50. The van der Waals surface area contributed by atoms with Crippen LogP contribution < -0.4 is 14.2 Å². The maximum absolute atomic E-state index is 12.6. The Labute approximate surface area is 133 Å². The summed E-state index contributed by atoms with van der Waals surface area (Å²) in [5.74, 6) is 0.994. The van der Waals surface area contributed by atoms with Gasteiger partial charge in [-0.05, 0) is 36.8 Å². The van der Waals surface area contributed by atoms with Gasteiger partial charge in [-0.1, -0.05) is 17.7 Å². The van der Waals surface area contributed by atoms with Gasteiger partial charge >= 0.3 is 0 Å². The lowest BCUT2D eigenvalue weighted by molar-refractivity contribution is 0.171. The quantitative estimate of drug-likeness (QED) is 0.932. The molecule has 3 rings (SSSR count). The molecule has 5 nitrogen and oxygen atoms in total. The van der Waals surface area contributed by atoms with Crippen molar-refractivity contribution in [2.24, 2.45) is 0 Å². The minimum atomic E-state index is -3.74. The zero-order valence-electron chi connectivity index (χ0n) is 11.8. The fraction of sp³-hybridized carbons (Fsp3) is 0.200. The second-order valence-electron chi connectivity index (χ2n) is 4.88. The SMILES string of the molecule is Cc1cc2c(cc1S(=O)(=O)Nc1cccc(Cl)c1)OCCO2. The van der Waals surface area contributed by atoms with E-state index in [1.54, 1.807) is 37.3 Å². The van der Waals surface area contributed by atoms with Crippen molar-refractivity contribution in [3.8, 4) is 11.5 Å². The number of ether oxygens (including phenoxy) is 2. The summed E-state index contributed by atoms with van der Waals surface area (Å²) in [5.41, 5.74) is 0.987. The summed E-state index contributed by atoms with van der Waals surface area (Å²) in [6.45, 7) is 2.57. The summed E-state index contributed by atoms with van der Waals surface area (Å²) in [6, 6.07) is 9.69. The van der Waals surface area contributed by atoms with Crippen LogP contribution in [0.2, 0.25) is 5.02 Å². The van der Waals surface area contributed by atoms with E-state index in [1.807, 2.05) is 0 Å². The Morgan fingerprint density at radius 3 is 2.45 bits per heavy atom. The highest BCUT2D eigenvalue weighted by atomic mass is 35.5. The van der Waals surface area contributed by atoms with Crippen molar-refractivity contribution in [3.63, 3.8) is 0 Å². The van der Waals surface area contributed by atoms with E-state index in [0.29, 0.717) is 41.0 Å². The molecule has 0 saturated heterocycles. The van der Waals surface area contributed by atoms with E-state index in [1.165, 1.54) is 6.07 Å². The molecule has 0 radical (unpaired) electrons. The van der Waals surface area contributed by atoms with Crippen molar-refractivity contribution in [3.05, 3.63) is 47.0 Å². The predicted octanol–water partition coefficient (Wildman–Crippen LogP) is 3.22. The molecule has 0 atom stereocenters. The molecular weight excluding hydrogens is 326 g/mol. The van der Waals surface area contributed by atoms with Crippen LogP contribution in [0.4, 0.5) is 5.69 Å². The van der Waals surface area contributed by atoms with Crippen LogP contribution in [0, 0.1) is 6.92 Å². The number of hydrogen-bond acceptors (Lipinski definition) is 4. The lowest BCUT2D eigenvalue weighted by Crippen LogP contribution is -2.18. The molecule has 0 spiro atoms. The maximum atomic E-state index is 12.6. The first kappa shape index (κ1) is 15.0. The Kier molecular flexibility index (Phi) is 3.88. The summed E-state index contributed by atoms with van der Waals surface area (Å²) < 4.78 is 38.5. The molecule has 1 N–H and O–H groups in total. The predicted molar refractivity (Wildman–Crippen MR) is 84.4 cm³/mol. The van der Waals surface area contributed by atoms with E-state index in [2.05, 4.69) is 4.72 Å². The lowest BCUT2D eigenvalue weighted by atomic mass is 10.2. The number of halogens is 1. The summed E-state index contributed by atoms with van der Waals surface area (Å²) in [4.78, 5) is 0.150. The van der Waals surface area contributed by atoms with Crippen LogP contribution >= 0.6 is 11.6 Å². The molecule has 0 bridgehead atoms. The van der Waals surface area contributed by atoms with Crippen LogP contribution in [-0.2, 0) is 10.0 Å². The molecule has 0 amide bonds. The number of nitrogens with one attached hydrogen (secondary N) is 1. The summed E-state index contributed by atoms with van der Waals surface area (Å²) in [5, 5.41) is 0.457. The average Bonchev–Trinajstić information content (AvgIpc) is 2.46. The minimum absolute atomic E-state index is 0.150. The number of rotatable bonds is 3. The van der Waals surface area contributed by atoms with Crippen molar-refractivity contribution < 1.29 is 17.9 Å². The number of hydrogen-bond donors (Lipinski definition) is 1. The summed E-state index contributed by atoms with van der Waals surface area (Å²) >= 11 is 5.87. The van der Waals surface area contributed by atoms with Crippen molar-refractivity contribution in [1.29, 1.82) is 0 Å². The van der Waals surface area contributed by atoms with Crippen LogP contribution in [0.5, 0.6) is 11.5 Å². The van der Waals surface area contributed by atoms with E-state index < -0.39 is 10.0 Å². The molecule has 22 heavy (non-hydrogen) atoms. The van der Waals surface area contributed by atoms with Crippen LogP contribution in [0.1, 0.15) is 5.56 Å². The van der Waals surface area contributed by atoms with E-state index >= 15 is 0 Å². The third kappa shape index (κ3) is 2.98. The first-order chi connectivity index (χ1) is 10.5. The summed E-state index contributed by atoms with van der Waals surface area (Å²) in [6.07, 6.45) is 0. The second kappa shape index (κ2) is 5.70. The van der Waals surface area contributed by atoms with Gasteiger partial charge in [0.05, 0.1) is 10.6 Å². The van der Waals surface area contributed by atoms with Gasteiger partial charge in [-0.3, -0.25) is 4.72 Å². The number of anilines is 1. The fourth-order valence-electron chi connectivity index (χ4n) is 2.22. The normalized spacial score (nSPS) is 13.7. The first-order valence-electron chi connectivity index (χ1n) is 6.64. The van der Waals surface area contributed by atoms with E-state index in [4.69, 9.17) is 21.1 Å². The van der Waals surface area contributed by atoms with E-state index in [-0.39, 0.29) is 4.90 Å². The second-order valence-corrected chi connectivity index (χ2v) is 6.96. The molecule has 1 heterocycles. The number of benzene rings is 2. The minimum Gasteiger partial charge on any atom is -0.486 e. The molecule has 0 saturated carbocycles. The number of sulfonamides is 1. The smallest absolute Gasteiger partial charge is 0.262 e. The molecule has 2 aromatic carbocycles. The van der Waals surface area contributed by atoms with Crippen molar-refractivity contribution in [1.82, 2.24) is 0 Å². The third-order valence-corrected chi connectivity index (χ3v) is 4.96. The van der Waals surface area contributed by atoms with Crippen LogP contribution in [-0.4, -0.2) is 21.6 Å². The molecule has 0 aromatic heterocycles. The Morgan fingerprint density at radius 2 is 1.77 bits per heavy atom. The molecule has 0 unspecified atom stereocenters. The van der Waals surface area contributed by atoms with E-state index in [9.17, 15) is 8.42 Å². The van der Waals surface area contributed by atoms with Crippen LogP contribution in [0.15, 0.2) is 41.3 Å². The Balaban J connectivity index is 1.98. The highest BCUT2D eigenvalue weighted by Gasteiger charge is 2.22.